The average molecular weight is 613 g/mol. The zero-order chi connectivity index (χ0) is 25.1. The van der Waals surface area contributed by atoms with E-state index in [1.165, 1.54) is 36.4 Å². The summed E-state index contributed by atoms with van der Waals surface area (Å²) in [5.74, 6) is -1.98. The van der Waals surface area contributed by atoms with E-state index in [1.54, 1.807) is 19.1 Å². The number of alkyl halides is 3. The summed E-state index contributed by atoms with van der Waals surface area (Å²) in [7, 11) is -5.81. The molecule has 0 bridgehead atoms. The van der Waals surface area contributed by atoms with Gasteiger partial charge in [-0.05, 0) is 0 Å². The second-order valence-electron chi connectivity index (χ2n) is 7.18. The van der Waals surface area contributed by atoms with E-state index in [0.29, 0.717) is 17.8 Å². The summed E-state index contributed by atoms with van der Waals surface area (Å²) in [5.41, 5.74) is -4.10. The summed E-state index contributed by atoms with van der Waals surface area (Å²) >= 11 is -3.49. The fourth-order valence-electron chi connectivity index (χ4n) is 2.78. The van der Waals surface area contributed by atoms with Gasteiger partial charge in [-0.25, -0.2) is 0 Å². The Labute approximate surface area is 201 Å². The van der Waals surface area contributed by atoms with Crippen molar-refractivity contribution >= 4 is 48.1 Å². The van der Waals surface area contributed by atoms with Gasteiger partial charge in [0.2, 0.25) is 0 Å². The number of halogens is 4. The Morgan fingerprint density at radius 2 is 1.47 bits per heavy atom. The van der Waals surface area contributed by atoms with Crippen molar-refractivity contribution < 1.29 is 43.3 Å². The maximum atomic E-state index is 12.9. The van der Waals surface area contributed by atoms with Gasteiger partial charge in [0.15, 0.2) is 0 Å². The molecule has 0 aliphatic carbocycles. The van der Waals surface area contributed by atoms with Crippen LogP contribution in [-0.4, -0.2) is 36.8 Å². The molecule has 0 aromatic heterocycles. The van der Waals surface area contributed by atoms with Crippen molar-refractivity contribution in [3.63, 3.8) is 0 Å². The third-order valence-electron chi connectivity index (χ3n) is 4.57. The minimum absolute atomic E-state index is 0.0216. The Kier molecular flexibility index (Phi) is 7.98. The van der Waals surface area contributed by atoms with Crippen molar-refractivity contribution in [3.05, 3.63) is 66.8 Å². The van der Waals surface area contributed by atoms with Gasteiger partial charge in [-0.2, -0.15) is 0 Å². The van der Waals surface area contributed by atoms with E-state index in [2.05, 4.69) is 0 Å². The van der Waals surface area contributed by atoms with Crippen LogP contribution in [0.25, 0.3) is 0 Å². The summed E-state index contributed by atoms with van der Waals surface area (Å²) < 4.78 is 67.6. The van der Waals surface area contributed by atoms with Gasteiger partial charge in [-0.15, -0.1) is 0 Å². The first-order chi connectivity index (χ1) is 15.9. The molecule has 1 saturated heterocycles. The molecule has 1 fully saturated rings. The first kappa shape index (κ1) is 26.1. The molecule has 0 unspecified atom stereocenters. The molecule has 0 radical (unpaired) electrons. The first-order valence-electron chi connectivity index (χ1n) is 9.81. The van der Waals surface area contributed by atoms with Gasteiger partial charge >= 0.3 is 201 Å². The topological polar surface area (TPSA) is 107 Å². The Morgan fingerprint density at radius 3 is 1.97 bits per heavy atom. The van der Waals surface area contributed by atoms with Crippen LogP contribution in [0.1, 0.15) is 30.4 Å². The van der Waals surface area contributed by atoms with E-state index >= 15 is 0 Å². The molecule has 3 rings (SSSR count). The van der Waals surface area contributed by atoms with Crippen molar-refractivity contribution in [1.29, 1.82) is 0 Å². The summed E-state index contributed by atoms with van der Waals surface area (Å²) in [6, 6.07) is 12.4. The summed E-state index contributed by atoms with van der Waals surface area (Å²) in [6.45, 7) is 1.78. The summed E-state index contributed by atoms with van der Waals surface area (Å²) in [6.07, 6.45) is -0.0378. The first-order valence-corrected chi connectivity index (χ1v) is 14.3. The fourth-order valence-corrected chi connectivity index (χ4v) is 9.19. The predicted octanol–water partition coefficient (Wildman–Crippen LogP) is 3.86. The summed E-state index contributed by atoms with van der Waals surface area (Å²) in [4.78, 5) is 39.7. The van der Waals surface area contributed by atoms with Crippen molar-refractivity contribution in [2.24, 2.45) is 0 Å². The van der Waals surface area contributed by atoms with Crippen LogP contribution < -0.4 is 0 Å². The zero-order valence-electron chi connectivity index (χ0n) is 17.7. The predicted molar refractivity (Wildman–Crippen MR) is 121 cm³/mol. The Balaban J connectivity index is 1.73. The molecule has 0 saturated carbocycles. The Morgan fingerprint density at radius 1 is 0.971 bits per heavy atom. The molecule has 1 heterocycles. The van der Waals surface area contributed by atoms with Crippen LogP contribution in [-0.2, 0) is 38.3 Å². The molecule has 2 aromatic carbocycles. The van der Waals surface area contributed by atoms with Gasteiger partial charge in [0.1, 0.15) is 0 Å². The quantitative estimate of drug-likeness (QED) is 0.253. The summed E-state index contributed by atoms with van der Waals surface area (Å²) in [5, 5.41) is 0.447. The molecule has 0 N–H and O–H groups in total. The van der Waals surface area contributed by atoms with Crippen LogP contribution in [0.2, 0.25) is 0 Å². The molecular weight excluding hydrogens is 594 g/mol. The number of hydrogen-bond donors (Lipinski definition) is 0. The molecule has 34 heavy (non-hydrogen) atoms. The number of imide groups is 1. The number of carbonyl (C=O) groups excluding carboxylic acids is 3. The van der Waals surface area contributed by atoms with Crippen molar-refractivity contribution in [2.45, 2.75) is 38.1 Å². The molecule has 13 heteroatoms. The molecule has 184 valence electrons. The third-order valence-corrected chi connectivity index (χ3v) is 11.6. The molecule has 0 atom stereocenters. The standard InChI is InChI=1S/C21H19F3INO7S/c1-14-2-7-16(8-3-14)25(33-34(30,31)21(22,23)24)17-9-4-15(5-10-17)6-13-20(29)32-26-18(27)11-12-19(26)28/h2-5,7-10H,6,11-13H2,1H3. The normalized spacial score (nSPS) is 14.9. The Hall–Kier alpha value is -2.52. The van der Waals surface area contributed by atoms with E-state index in [-0.39, 0.29) is 25.7 Å². The number of nitrogens with zero attached hydrogens (tertiary/aromatic N) is 1. The minimum atomic E-state index is -5.81. The van der Waals surface area contributed by atoms with E-state index in [4.69, 9.17) is 7.35 Å². The van der Waals surface area contributed by atoms with E-state index in [9.17, 15) is 36.0 Å². The third kappa shape index (κ3) is 6.33. The fraction of sp³-hybridized carbons (Fsp3) is 0.286. The van der Waals surface area contributed by atoms with Gasteiger partial charge in [0.25, 0.3) is 0 Å². The maximum absolute atomic E-state index is 12.9. The second kappa shape index (κ2) is 10.4. The second-order valence-corrected chi connectivity index (χ2v) is 13.7. The number of amides is 2. The molecule has 1 aliphatic heterocycles. The van der Waals surface area contributed by atoms with Crippen molar-refractivity contribution in [3.8, 4) is 0 Å². The number of carbonyl (C=O) groups is 3. The van der Waals surface area contributed by atoms with Gasteiger partial charge in [0.05, 0.1) is 0 Å². The molecule has 2 aromatic rings. The number of hydrogen-bond acceptors (Lipinski definition) is 7. The zero-order valence-corrected chi connectivity index (χ0v) is 20.6. The van der Waals surface area contributed by atoms with Gasteiger partial charge < -0.3 is 0 Å². The molecule has 0 spiro atoms. The number of rotatable bonds is 8. The molecule has 2 amide bonds. The van der Waals surface area contributed by atoms with Crippen LogP contribution in [0.5, 0.6) is 0 Å². The van der Waals surface area contributed by atoms with Gasteiger partial charge in [-0.1, -0.05) is 0 Å². The van der Waals surface area contributed by atoms with Crippen molar-refractivity contribution in [1.82, 2.24) is 5.06 Å². The van der Waals surface area contributed by atoms with Gasteiger partial charge in [-0.3, -0.25) is 0 Å². The number of hydroxylamine groups is 2. The van der Waals surface area contributed by atoms with Crippen LogP contribution in [0.3, 0.4) is 0 Å². The Bertz CT molecular complexity index is 1170. The average Bonchev–Trinajstić information content (AvgIpc) is 3.08. The van der Waals surface area contributed by atoms with Crippen LogP contribution in [0.15, 0.2) is 48.5 Å². The van der Waals surface area contributed by atoms with Crippen LogP contribution >= 0.6 is 20.2 Å². The van der Waals surface area contributed by atoms with Crippen LogP contribution in [0, 0.1) is 14.1 Å². The number of benzene rings is 2. The van der Waals surface area contributed by atoms with Gasteiger partial charge in [0, 0.05) is 0 Å². The van der Waals surface area contributed by atoms with E-state index in [0.717, 1.165) is 5.56 Å². The van der Waals surface area contributed by atoms with Crippen LogP contribution in [0.4, 0.5) is 13.2 Å². The number of aryl methyl sites for hydroxylation is 2. The van der Waals surface area contributed by atoms with Crippen molar-refractivity contribution in [2.75, 3.05) is 0 Å². The monoisotopic (exact) mass is 613 g/mol. The van der Waals surface area contributed by atoms with E-state index < -0.39 is 53.6 Å². The molecule has 8 nitrogen and oxygen atoms in total. The molecule has 1 aliphatic rings. The SMILES string of the molecule is Cc1ccc(I(OS(=O)(=O)C(F)(F)F)c2ccc(CCC(=O)ON3C(=O)CCC3=O)cc2)cc1. The van der Waals surface area contributed by atoms with E-state index in [1.807, 2.05) is 0 Å². The molecular formula is C21H19F3INO7S.